The van der Waals surface area contributed by atoms with E-state index in [0.29, 0.717) is 0 Å². The Bertz CT molecular complexity index is 407. The van der Waals surface area contributed by atoms with Crippen LogP contribution in [0.3, 0.4) is 0 Å². The first-order valence-corrected chi connectivity index (χ1v) is 8.59. The van der Waals surface area contributed by atoms with E-state index in [-0.39, 0.29) is 11.0 Å². The Morgan fingerprint density at radius 3 is 2.35 bits per heavy atom. The number of aromatic nitrogens is 1. The van der Waals surface area contributed by atoms with Gasteiger partial charge in [-0.1, -0.05) is 13.8 Å². The lowest BCUT2D eigenvalue weighted by molar-refractivity contribution is 0.0415. The molecule has 0 radical (unpaired) electrons. The van der Waals surface area contributed by atoms with Gasteiger partial charge in [-0.25, -0.2) is 4.98 Å². The van der Waals surface area contributed by atoms with E-state index in [0.717, 1.165) is 6.42 Å². The van der Waals surface area contributed by atoms with Crippen molar-refractivity contribution in [2.24, 2.45) is 0 Å². The van der Waals surface area contributed by atoms with Gasteiger partial charge in [0.05, 0.1) is 5.01 Å². The first kappa shape index (κ1) is 15.9. The zero-order valence-corrected chi connectivity index (χ0v) is 14.5. The first-order chi connectivity index (χ1) is 9.37. The number of hydrogen-bond acceptors (Lipinski definition) is 4. The molecule has 1 unspecified atom stereocenters. The highest BCUT2D eigenvalue weighted by Crippen LogP contribution is 2.39. The smallest absolute Gasteiger partial charge is 0.0984 e. The Labute approximate surface area is 128 Å². The lowest BCUT2D eigenvalue weighted by Gasteiger charge is -2.46. The molecule has 0 aromatic carbocycles. The topological polar surface area (TPSA) is 19.4 Å². The molecule has 1 atom stereocenters. The van der Waals surface area contributed by atoms with Crippen LogP contribution >= 0.6 is 11.3 Å². The van der Waals surface area contributed by atoms with Crippen LogP contribution in [0.2, 0.25) is 0 Å². The lowest BCUT2D eigenvalue weighted by atomic mass is 9.76. The molecule has 2 rings (SSSR count). The standard InChI is InChI=1S/C16H29N3S/c1-6-16(4,14-17-7-12-20-14)13-15(2,3)19-10-8-18(5)9-11-19/h7,12H,6,8-11,13H2,1-5H3. The second-order valence-corrected chi connectivity index (χ2v) is 7.93. The minimum atomic E-state index is 0.195. The summed E-state index contributed by atoms with van der Waals surface area (Å²) >= 11 is 1.80. The average Bonchev–Trinajstić information content (AvgIpc) is 2.93. The normalized spacial score (nSPS) is 21.9. The Hall–Kier alpha value is -0.450. The second-order valence-electron chi connectivity index (χ2n) is 7.03. The summed E-state index contributed by atoms with van der Waals surface area (Å²) in [6, 6.07) is 0. The molecular weight excluding hydrogens is 266 g/mol. The van der Waals surface area contributed by atoms with Crippen LogP contribution < -0.4 is 0 Å². The molecule has 20 heavy (non-hydrogen) atoms. The van der Waals surface area contributed by atoms with Crippen LogP contribution in [0.25, 0.3) is 0 Å². The molecule has 1 aliphatic rings. The van der Waals surface area contributed by atoms with Crippen LogP contribution in [-0.2, 0) is 5.41 Å². The highest BCUT2D eigenvalue weighted by atomic mass is 32.1. The van der Waals surface area contributed by atoms with Crippen LogP contribution in [0.15, 0.2) is 11.6 Å². The van der Waals surface area contributed by atoms with Crippen LogP contribution in [0.4, 0.5) is 0 Å². The van der Waals surface area contributed by atoms with E-state index in [1.165, 1.54) is 37.6 Å². The summed E-state index contributed by atoms with van der Waals surface area (Å²) in [5.74, 6) is 0. The predicted molar refractivity (Wildman–Crippen MR) is 87.5 cm³/mol. The largest absolute Gasteiger partial charge is 0.304 e. The number of likely N-dealkylation sites (N-methyl/N-ethyl adjacent to an activating group) is 1. The van der Waals surface area contributed by atoms with Gasteiger partial charge in [0.25, 0.3) is 0 Å². The van der Waals surface area contributed by atoms with Gasteiger partial charge < -0.3 is 4.90 Å². The van der Waals surface area contributed by atoms with Gasteiger partial charge in [-0.15, -0.1) is 11.3 Å². The number of nitrogens with zero attached hydrogens (tertiary/aromatic N) is 3. The minimum Gasteiger partial charge on any atom is -0.304 e. The minimum absolute atomic E-state index is 0.195. The molecule has 0 spiro atoms. The summed E-state index contributed by atoms with van der Waals surface area (Å²) in [6.45, 7) is 14.2. The van der Waals surface area contributed by atoms with Crippen LogP contribution in [0, 0.1) is 0 Å². The molecule has 0 aliphatic carbocycles. The molecule has 1 aromatic rings. The van der Waals surface area contributed by atoms with Crippen molar-refractivity contribution in [3.63, 3.8) is 0 Å². The van der Waals surface area contributed by atoms with Gasteiger partial charge in [0.15, 0.2) is 0 Å². The van der Waals surface area contributed by atoms with E-state index in [4.69, 9.17) is 0 Å². The van der Waals surface area contributed by atoms with Gasteiger partial charge in [0, 0.05) is 48.7 Å². The molecule has 0 bridgehead atoms. The van der Waals surface area contributed by atoms with Crippen molar-refractivity contribution >= 4 is 11.3 Å². The quantitative estimate of drug-likeness (QED) is 0.831. The Morgan fingerprint density at radius 1 is 1.20 bits per heavy atom. The molecule has 0 N–H and O–H groups in total. The monoisotopic (exact) mass is 295 g/mol. The summed E-state index contributed by atoms with van der Waals surface area (Å²) in [4.78, 5) is 9.68. The number of piperazine rings is 1. The highest BCUT2D eigenvalue weighted by Gasteiger charge is 2.38. The third kappa shape index (κ3) is 3.41. The third-order valence-electron chi connectivity index (χ3n) is 4.91. The first-order valence-electron chi connectivity index (χ1n) is 7.71. The van der Waals surface area contributed by atoms with Gasteiger partial charge in [-0.05, 0) is 33.7 Å². The molecule has 1 saturated heterocycles. The summed E-state index contributed by atoms with van der Waals surface area (Å²) in [7, 11) is 2.22. The Balaban J connectivity index is 2.09. The van der Waals surface area contributed by atoms with E-state index in [1.807, 2.05) is 6.20 Å². The van der Waals surface area contributed by atoms with E-state index >= 15 is 0 Å². The second kappa shape index (κ2) is 6.12. The lowest BCUT2D eigenvalue weighted by Crippen LogP contribution is -2.55. The summed E-state index contributed by atoms with van der Waals surface area (Å²) in [6.07, 6.45) is 4.27. The van der Waals surface area contributed by atoms with Gasteiger partial charge in [-0.3, -0.25) is 4.90 Å². The van der Waals surface area contributed by atoms with Crippen LogP contribution in [-0.4, -0.2) is 53.5 Å². The fraction of sp³-hybridized carbons (Fsp3) is 0.812. The van der Waals surface area contributed by atoms with Gasteiger partial charge in [0.1, 0.15) is 0 Å². The van der Waals surface area contributed by atoms with Crippen LogP contribution in [0.1, 0.15) is 45.5 Å². The van der Waals surface area contributed by atoms with Gasteiger partial charge in [-0.2, -0.15) is 0 Å². The maximum Gasteiger partial charge on any atom is 0.0984 e. The molecule has 0 saturated carbocycles. The Morgan fingerprint density at radius 2 is 1.85 bits per heavy atom. The molecule has 1 aliphatic heterocycles. The maximum absolute atomic E-state index is 4.59. The van der Waals surface area contributed by atoms with Crippen molar-refractivity contribution in [3.05, 3.63) is 16.6 Å². The van der Waals surface area contributed by atoms with Crippen molar-refractivity contribution in [2.75, 3.05) is 33.2 Å². The maximum atomic E-state index is 4.59. The highest BCUT2D eigenvalue weighted by molar-refractivity contribution is 7.09. The van der Waals surface area contributed by atoms with Gasteiger partial charge in [0.2, 0.25) is 0 Å². The summed E-state index contributed by atoms with van der Waals surface area (Å²) in [5, 5.41) is 3.40. The number of rotatable bonds is 5. The molecular formula is C16H29N3S. The molecule has 3 nitrogen and oxygen atoms in total. The van der Waals surface area contributed by atoms with E-state index in [1.54, 1.807) is 11.3 Å². The number of hydrogen-bond donors (Lipinski definition) is 0. The number of thiazole rings is 1. The summed E-state index contributed by atoms with van der Waals surface area (Å²) in [5.41, 5.74) is 0.429. The van der Waals surface area contributed by atoms with Crippen molar-refractivity contribution in [2.45, 2.75) is 51.5 Å². The molecule has 2 heterocycles. The van der Waals surface area contributed by atoms with Crippen LogP contribution in [0.5, 0.6) is 0 Å². The van der Waals surface area contributed by atoms with E-state index < -0.39 is 0 Å². The van der Waals surface area contributed by atoms with Crippen molar-refractivity contribution in [1.82, 2.24) is 14.8 Å². The predicted octanol–water partition coefficient (Wildman–Crippen LogP) is 3.23. The van der Waals surface area contributed by atoms with Crippen molar-refractivity contribution in [3.8, 4) is 0 Å². The molecule has 0 amide bonds. The zero-order chi connectivity index (χ0) is 14.8. The summed E-state index contributed by atoms with van der Waals surface area (Å²) < 4.78 is 0. The molecule has 114 valence electrons. The molecule has 1 fully saturated rings. The molecule has 4 heteroatoms. The Kier molecular flexibility index (Phi) is 4.88. The SMILES string of the molecule is CCC(C)(CC(C)(C)N1CCN(C)CC1)c1nccs1. The van der Waals surface area contributed by atoms with Crippen molar-refractivity contribution in [1.29, 1.82) is 0 Å². The average molecular weight is 295 g/mol. The van der Waals surface area contributed by atoms with Gasteiger partial charge >= 0.3 is 0 Å². The van der Waals surface area contributed by atoms with E-state index in [2.05, 4.69) is 54.9 Å². The molecule has 1 aromatic heterocycles. The fourth-order valence-electron chi connectivity index (χ4n) is 3.35. The van der Waals surface area contributed by atoms with Crippen molar-refractivity contribution < 1.29 is 0 Å². The third-order valence-corrected chi connectivity index (χ3v) is 5.99. The van der Waals surface area contributed by atoms with E-state index in [9.17, 15) is 0 Å². The zero-order valence-electron chi connectivity index (χ0n) is 13.6. The fourth-order valence-corrected chi connectivity index (χ4v) is 4.23.